The summed E-state index contributed by atoms with van der Waals surface area (Å²) in [5.74, 6) is 1.22. The van der Waals surface area contributed by atoms with Crippen LogP contribution in [0.15, 0.2) is 18.2 Å². The van der Waals surface area contributed by atoms with Gasteiger partial charge in [-0.3, -0.25) is 0 Å². The number of imidazole rings is 1. The predicted octanol–water partition coefficient (Wildman–Crippen LogP) is 2.44. The van der Waals surface area contributed by atoms with Crippen LogP contribution in [0.1, 0.15) is 30.8 Å². The van der Waals surface area contributed by atoms with Gasteiger partial charge < -0.3 is 9.88 Å². The number of fused-ring (bicyclic) bond motifs is 1. The van der Waals surface area contributed by atoms with Gasteiger partial charge in [0.25, 0.3) is 0 Å². The molecule has 0 amide bonds. The molecule has 1 aromatic heterocycles. The van der Waals surface area contributed by atoms with Crippen molar-refractivity contribution in [2.75, 3.05) is 13.1 Å². The number of aryl methyl sites for hydroxylation is 2. The first kappa shape index (κ1) is 10.8. The molecule has 0 spiro atoms. The molecule has 1 saturated heterocycles. The molecule has 1 aromatic carbocycles. The maximum absolute atomic E-state index is 4.77. The second kappa shape index (κ2) is 4.15. The quantitative estimate of drug-likeness (QED) is 0.857. The van der Waals surface area contributed by atoms with Crippen LogP contribution in [-0.4, -0.2) is 22.6 Å². The molecule has 17 heavy (non-hydrogen) atoms. The number of hydrogen-bond donors (Lipinski definition) is 1. The lowest BCUT2D eigenvalue weighted by Crippen LogP contribution is -2.15. The van der Waals surface area contributed by atoms with Crippen LogP contribution in [0.5, 0.6) is 0 Å². The number of aromatic nitrogens is 2. The van der Waals surface area contributed by atoms with Crippen LogP contribution in [0.3, 0.4) is 0 Å². The largest absolute Gasteiger partial charge is 0.324 e. The number of rotatable bonds is 2. The highest BCUT2D eigenvalue weighted by atomic mass is 15.1. The average molecular weight is 229 g/mol. The zero-order valence-corrected chi connectivity index (χ0v) is 10.5. The van der Waals surface area contributed by atoms with Crippen LogP contribution in [0.2, 0.25) is 0 Å². The summed E-state index contributed by atoms with van der Waals surface area (Å²) in [4.78, 5) is 4.77. The molecule has 90 valence electrons. The first-order valence-electron chi connectivity index (χ1n) is 6.47. The summed E-state index contributed by atoms with van der Waals surface area (Å²) in [7, 11) is 0. The minimum Gasteiger partial charge on any atom is -0.324 e. The standard InChI is InChI=1S/C14H19N3/c1-3-14-16-12-8-10(2)4-5-13(12)17(14)11-6-7-15-9-11/h4-5,8,11,15H,3,6-7,9H2,1-2H3. The maximum Gasteiger partial charge on any atom is 0.109 e. The van der Waals surface area contributed by atoms with E-state index >= 15 is 0 Å². The molecule has 1 atom stereocenters. The van der Waals surface area contributed by atoms with Crippen LogP contribution in [0, 0.1) is 6.92 Å². The summed E-state index contributed by atoms with van der Waals surface area (Å²) in [6.45, 7) is 6.51. The van der Waals surface area contributed by atoms with Gasteiger partial charge in [0.1, 0.15) is 5.82 Å². The Morgan fingerprint density at radius 2 is 2.35 bits per heavy atom. The lowest BCUT2D eigenvalue weighted by atomic mass is 10.2. The Balaban J connectivity index is 2.19. The summed E-state index contributed by atoms with van der Waals surface area (Å²) in [6, 6.07) is 7.17. The minimum absolute atomic E-state index is 0.581. The molecule has 1 unspecified atom stereocenters. The highest BCUT2D eigenvalue weighted by Crippen LogP contribution is 2.25. The summed E-state index contributed by atoms with van der Waals surface area (Å²) in [5.41, 5.74) is 3.73. The second-order valence-electron chi connectivity index (χ2n) is 4.89. The molecular formula is C14H19N3. The van der Waals surface area contributed by atoms with Gasteiger partial charge in [-0.05, 0) is 37.6 Å². The fourth-order valence-electron chi connectivity index (χ4n) is 2.78. The maximum atomic E-state index is 4.77. The Morgan fingerprint density at radius 3 is 3.06 bits per heavy atom. The van der Waals surface area contributed by atoms with E-state index in [2.05, 4.69) is 41.9 Å². The van der Waals surface area contributed by atoms with Crippen molar-refractivity contribution in [3.63, 3.8) is 0 Å². The van der Waals surface area contributed by atoms with Gasteiger partial charge >= 0.3 is 0 Å². The lowest BCUT2D eigenvalue weighted by Gasteiger charge is -2.15. The van der Waals surface area contributed by atoms with E-state index < -0.39 is 0 Å². The molecule has 0 saturated carbocycles. The Kier molecular flexibility index (Phi) is 2.63. The molecule has 1 fully saturated rings. The molecule has 3 nitrogen and oxygen atoms in total. The van der Waals surface area contributed by atoms with Crippen molar-refractivity contribution < 1.29 is 0 Å². The van der Waals surface area contributed by atoms with E-state index in [9.17, 15) is 0 Å². The summed E-state index contributed by atoms with van der Waals surface area (Å²) in [6.07, 6.45) is 2.22. The summed E-state index contributed by atoms with van der Waals surface area (Å²) < 4.78 is 2.44. The third kappa shape index (κ3) is 1.75. The Bertz CT molecular complexity index is 536. The fraction of sp³-hybridized carbons (Fsp3) is 0.500. The van der Waals surface area contributed by atoms with Crippen LogP contribution < -0.4 is 5.32 Å². The molecule has 1 aliphatic heterocycles. The lowest BCUT2D eigenvalue weighted by molar-refractivity contribution is 0.539. The number of hydrogen-bond acceptors (Lipinski definition) is 2. The highest BCUT2D eigenvalue weighted by Gasteiger charge is 2.21. The Hall–Kier alpha value is -1.35. The van der Waals surface area contributed by atoms with Crippen LogP contribution >= 0.6 is 0 Å². The van der Waals surface area contributed by atoms with E-state index in [1.807, 2.05) is 0 Å². The van der Waals surface area contributed by atoms with Gasteiger partial charge in [-0.15, -0.1) is 0 Å². The van der Waals surface area contributed by atoms with Crippen molar-refractivity contribution in [1.29, 1.82) is 0 Å². The van der Waals surface area contributed by atoms with E-state index in [-0.39, 0.29) is 0 Å². The molecule has 0 radical (unpaired) electrons. The van der Waals surface area contributed by atoms with Crippen molar-refractivity contribution in [1.82, 2.24) is 14.9 Å². The normalized spacial score (nSPS) is 20.2. The number of nitrogens with zero attached hydrogens (tertiary/aromatic N) is 2. The molecule has 2 aromatic rings. The molecule has 3 rings (SSSR count). The molecule has 1 aliphatic rings. The Morgan fingerprint density at radius 1 is 1.47 bits per heavy atom. The third-order valence-electron chi connectivity index (χ3n) is 3.63. The van der Waals surface area contributed by atoms with E-state index in [4.69, 9.17) is 4.98 Å². The highest BCUT2D eigenvalue weighted by molar-refractivity contribution is 5.77. The fourth-order valence-corrected chi connectivity index (χ4v) is 2.78. The van der Waals surface area contributed by atoms with E-state index in [0.717, 1.165) is 25.0 Å². The topological polar surface area (TPSA) is 29.9 Å². The molecule has 0 bridgehead atoms. The van der Waals surface area contributed by atoms with Gasteiger partial charge in [-0.1, -0.05) is 13.0 Å². The second-order valence-corrected chi connectivity index (χ2v) is 4.89. The average Bonchev–Trinajstić information content (AvgIpc) is 2.93. The van der Waals surface area contributed by atoms with Gasteiger partial charge in [-0.25, -0.2) is 4.98 Å². The van der Waals surface area contributed by atoms with Gasteiger partial charge in [0.05, 0.1) is 11.0 Å². The van der Waals surface area contributed by atoms with Crippen molar-refractivity contribution in [2.24, 2.45) is 0 Å². The molecule has 2 heterocycles. The van der Waals surface area contributed by atoms with E-state index in [1.54, 1.807) is 0 Å². The first-order chi connectivity index (χ1) is 8.29. The van der Waals surface area contributed by atoms with Crippen LogP contribution in [0.4, 0.5) is 0 Å². The summed E-state index contributed by atoms with van der Waals surface area (Å²) >= 11 is 0. The molecule has 3 heteroatoms. The van der Waals surface area contributed by atoms with Crippen molar-refractivity contribution in [2.45, 2.75) is 32.7 Å². The number of benzene rings is 1. The van der Waals surface area contributed by atoms with Gasteiger partial charge in [0.15, 0.2) is 0 Å². The van der Waals surface area contributed by atoms with E-state index in [1.165, 1.54) is 23.3 Å². The Labute approximate surface area is 102 Å². The van der Waals surface area contributed by atoms with Crippen molar-refractivity contribution >= 4 is 11.0 Å². The third-order valence-corrected chi connectivity index (χ3v) is 3.63. The van der Waals surface area contributed by atoms with Crippen molar-refractivity contribution in [3.8, 4) is 0 Å². The van der Waals surface area contributed by atoms with Crippen LogP contribution in [0.25, 0.3) is 11.0 Å². The number of nitrogens with one attached hydrogen (secondary N) is 1. The molecule has 1 N–H and O–H groups in total. The monoisotopic (exact) mass is 229 g/mol. The zero-order chi connectivity index (χ0) is 11.8. The van der Waals surface area contributed by atoms with Crippen molar-refractivity contribution in [3.05, 3.63) is 29.6 Å². The first-order valence-corrected chi connectivity index (χ1v) is 6.47. The van der Waals surface area contributed by atoms with Gasteiger partial charge in [0, 0.05) is 19.0 Å². The smallest absolute Gasteiger partial charge is 0.109 e. The molecule has 0 aliphatic carbocycles. The van der Waals surface area contributed by atoms with Gasteiger partial charge in [-0.2, -0.15) is 0 Å². The molecular weight excluding hydrogens is 210 g/mol. The summed E-state index contributed by atoms with van der Waals surface area (Å²) in [5, 5.41) is 3.44. The van der Waals surface area contributed by atoms with Gasteiger partial charge in [0.2, 0.25) is 0 Å². The SMILES string of the molecule is CCc1nc2cc(C)ccc2n1C1CCNC1. The minimum atomic E-state index is 0.581. The predicted molar refractivity (Wildman–Crippen MR) is 70.4 cm³/mol. The van der Waals surface area contributed by atoms with Crippen LogP contribution in [-0.2, 0) is 6.42 Å². The van der Waals surface area contributed by atoms with E-state index in [0.29, 0.717) is 6.04 Å². The zero-order valence-electron chi connectivity index (χ0n) is 10.5.